The fraction of sp³-hybridized carbons (Fsp3) is 0.471. The molecule has 0 saturated heterocycles. The molecule has 3 heteroatoms. The fourth-order valence-corrected chi connectivity index (χ4v) is 3.13. The number of aryl methyl sites for hydroxylation is 2. The molecular weight excluding hydrogens is 250 g/mol. The quantitative estimate of drug-likeness (QED) is 0.891. The molecule has 1 heterocycles. The Hall–Kier alpha value is -1.77. The van der Waals surface area contributed by atoms with Crippen molar-refractivity contribution in [2.24, 2.45) is 0 Å². The second-order valence-corrected chi connectivity index (χ2v) is 5.79. The number of carboxylic acids is 1. The zero-order valence-electron chi connectivity index (χ0n) is 12.9. The molecule has 108 valence electrons. The van der Waals surface area contributed by atoms with Crippen molar-refractivity contribution in [1.29, 1.82) is 0 Å². The van der Waals surface area contributed by atoms with Crippen LogP contribution in [0.4, 0.5) is 0 Å². The summed E-state index contributed by atoms with van der Waals surface area (Å²) in [5.41, 5.74) is 4.89. The van der Waals surface area contributed by atoms with E-state index in [9.17, 15) is 9.90 Å². The Labute approximate surface area is 120 Å². The minimum absolute atomic E-state index is 0.405. The van der Waals surface area contributed by atoms with Crippen LogP contribution in [0.25, 0.3) is 10.9 Å². The number of carbonyl (C=O) groups is 1. The van der Waals surface area contributed by atoms with Gasteiger partial charge >= 0.3 is 5.97 Å². The average Bonchev–Trinajstić information content (AvgIpc) is 2.61. The molecule has 1 aromatic heterocycles. The third kappa shape index (κ3) is 2.21. The van der Waals surface area contributed by atoms with E-state index >= 15 is 0 Å². The standard InChI is InChI=1S/C17H23NO2/c1-6-7-18-12(5)16(10(2)3)14-8-11(4)13(17(19)20)9-15(14)18/h8-10H,6-7H2,1-5H3,(H,19,20). The second kappa shape index (κ2) is 5.31. The number of hydrogen-bond acceptors (Lipinski definition) is 1. The first-order valence-corrected chi connectivity index (χ1v) is 7.25. The van der Waals surface area contributed by atoms with E-state index in [0.29, 0.717) is 11.5 Å². The summed E-state index contributed by atoms with van der Waals surface area (Å²) >= 11 is 0. The van der Waals surface area contributed by atoms with Crippen molar-refractivity contribution < 1.29 is 9.90 Å². The van der Waals surface area contributed by atoms with Crippen LogP contribution in [-0.2, 0) is 6.54 Å². The van der Waals surface area contributed by atoms with Gasteiger partial charge in [-0.15, -0.1) is 0 Å². The van der Waals surface area contributed by atoms with Gasteiger partial charge in [0.25, 0.3) is 0 Å². The lowest BCUT2D eigenvalue weighted by Crippen LogP contribution is -2.02. The van der Waals surface area contributed by atoms with E-state index in [1.807, 2.05) is 19.1 Å². The van der Waals surface area contributed by atoms with Crippen LogP contribution in [0.3, 0.4) is 0 Å². The summed E-state index contributed by atoms with van der Waals surface area (Å²) in [4.78, 5) is 11.4. The molecule has 20 heavy (non-hydrogen) atoms. The van der Waals surface area contributed by atoms with Crippen LogP contribution in [0.5, 0.6) is 0 Å². The van der Waals surface area contributed by atoms with Gasteiger partial charge in [-0.05, 0) is 49.4 Å². The monoisotopic (exact) mass is 273 g/mol. The van der Waals surface area contributed by atoms with E-state index in [4.69, 9.17) is 0 Å². The average molecular weight is 273 g/mol. The highest BCUT2D eigenvalue weighted by Crippen LogP contribution is 2.33. The van der Waals surface area contributed by atoms with Gasteiger partial charge in [0, 0.05) is 23.1 Å². The fourth-order valence-electron chi connectivity index (χ4n) is 3.13. The van der Waals surface area contributed by atoms with Crippen molar-refractivity contribution in [3.63, 3.8) is 0 Å². The molecule has 0 bridgehead atoms. The molecule has 2 aromatic rings. The molecule has 0 aliphatic rings. The zero-order chi connectivity index (χ0) is 15.0. The molecule has 0 amide bonds. The van der Waals surface area contributed by atoms with Crippen LogP contribution < -0.4 is 0 Å². The minimum Gasteiger partial charge on any atom is -0.478 e. The number of benzene rings is 1. The second-order valence-electron chi connectivity index (χ2n) is 5.79. The Morgan fingerprint density at radius 1 is 1.30 bits per heavy atom. The third-order valence-corrected chi connectivity index (χ3v) is 3.97. The normalized spacial score (nSPS) is 11.5. The largest absolute Gasteiger partial charge is 0.478 e. The van der Waals surface area contributed by atoms with Crippen molar-refractivity contribution >= 4 is 16.9 Å². The highest BCUT2D eigenvalue weighted by molar-refractivity contribution is 5.97. The minimum atomic E-state index is -0.850. The van der Waals surface area contributed by atoms with Gasteiger partial charge in [-0.25, -0.2) is 4.79 Å². The summed E-state index contributed by atoms with van der Waals surface area (Å²) in [5.74, 6) is -0.414. The van der Waals surface area contributed by atoms with Crippen LogP contribution in [0, 0.1) is 13.8 Å². The Morgan fingerprint density at radius 3 is 2.45 bits per heavy atom. The topological polar surface area (TPSA) is 42.2 Å². The molecule has 1 aromatic carbocycles. The van der Waals surface area contributed by atoms with Crippen LogP contribution >= 0.6 is 0 Å². The van der Waals surface area contributed by atoms with Gasteiger partial charge in [-0.1, -0.05) is 20.8 Å². The number of carboxylic acid groups (broad SMARTS) is 1. The lowest BCUT2D eigenvalue weighted by Gasteiger charge is -2.08. The maximum atomic E-state index is 11.4. The molecule has 0 saturated carbocycles. The smallest absolute Gasteiger partial charge is 0.336 e. The Balaban J connectivity index is 2.86. The summed E-state index contributed by atoms with van der Waals surface area (Å²) in [7, 11) is 0. The van der Waals surface area contributed by atoms with E-state index in [0.717, 1.165) is 24.0 Å². The highest BCUT2D eigenvalue weighted by Gasteiger charge is 2.19. The third-order valence-electron chi connectivity index (χ3n) is 3.97. The van der Waals surface area contributed by atoms with Gasteiger partial charge in [0.2, 0.25) is 0 Å². The summed E-state index contributed by atoms with van der Waals surface area (Å²) in [6.07, 6.45) is 1.04. The lowest BCUT2D eigenvalue weighted by molar-refractivity contribution is 0.0696. The summed E-state index contributed by atoms with van der Waals surface area (Å²) < 4.78 is 2.26. The first kappa shape index (κ1) is 14.6. The number of hydrogen-bond donors (Lipinski definition) is 1. The van der Waals surface area contributed by atoms with Crippen LogP contribution in [0.1, 0.15) is 60.3 Å². The van der Waals surface area contributed by atoms with E-state index in [1.54, 1.807) is 0 Å². The number of aromatic nitrogens is 1. The van der Waals surface area contributed by atoms with Gasteiger partial charge in [0.05, 0.1) is 5.56 Å². The first-order valence-electron chi connectivity index (χ1n) is 7.25. The molecule has 0 unspecified atom stereocenters. The van der Waals surface area contributed by atoms with E-state index in [2.05, 4.69) is 32.3 Å². The Kier molecular flexibility index (Phi) is 3.89. The maximum Gasteiger partial charge on any atom is 0.336 e. The molecule has 0 aliphatic heterocycles. The van der Waals surface area contributed by atoms with Crippen molar-refractivity contribution in [3.8, 4) is 0 Å². The summed E-state index contributed by atoms with van der Waals surface area (Å²) in [5, 5.41) is 10.5. The van der Waals surface area contributed by atoms with Gasteiger partial charge in [0.1, 0.15) is 0 Å². The van der Waals surface area contributed by atoms with Crippen LogP contribution in [-0.4, -0.2) is 15.6 Å². The summed E-state index contributed by atoms with van der Waals surface area (Å²) in [6, 6.07) is 3.87. The predicted octanol–water partition coefficient (Wildman–Crippen LogP) is 4.49. The number of rotatable bonds is 4. The molecule has 1 N–H and O–H groups in total. The summed E-state index contributed by atoms with van der Waals surface area (Å²) in [6.45, 7) is 11.5. The molecule has 0 spiro atoms. The van der Waals surface area contributed by atoms with Crippen LogP contribution in [0.2, 0.25) is 0 Å². The Morgan fingerprint density at radius 2 is 1.95 bits per heavy atom. The molecule has 0 atom stereocenters. The lowest BCUT2D eigenvalue weighted by atomic mass is 9.97. The molecule has 0 radical (unpaired) electrons. The van der Waals surface area contributed by atoms with E-state index in [1.165, 1.54) is 16.6 Å². The van der Waals surface area contributed by atoms with Crippen molar-refractivity contribution in [2.45, 2.75) is 53.5 Å². The van der Waals surface area contributed by atoms with Crippen molar-refractivity contribution in [1.82, 2.24) is 4.57 Å². The number of fused-ring (bicyclic) bond motifs is 1. The predicted molar refractivity (Wildman–Crippen MR) is 82.8 cm³/mol. The van der Waals surface area contributed by atoms with Gasteiger partial charge in [-0.3, -0.25) is 0 Å². The van der Waals surface area contributed by atoms with Gasteiger partial charge in [-0.2, -0.15) is 0 Å². The molecular formula is C17H23NO2. The van der Waals surface area contributed by atoms with Crippen molar-refractivity contribution in [2.75, 3.05) is 0 Å². The molecule has 3 nitrogen and oxygen atoms in total. The Bertz CT molecular complexity index is 665. The number of nitrogens with zero attached hydrogens (tertiary/aromatic N) is 1. The van der Waals surface area contributed by atoms with Crippen LogP contribution in [0.15, 0.2) is 12.1 Å². The SMILES string of the molecule is CCCn1c(C)c(C(C)C)c2cc(C)c(C(=O)O)cc21. The van der Waals surface area contributed by atoms with E-state index in [-0.39, 0.29) is 0 Å². The molecule has 2 rings (SSSR count). The van der Waals surface area contributed by atoms with E-state index < -0.39 is 5.97 Å². The zero-order valence-corrected chi connectivity index (χ0v) is 12.9. The first-order chi connectivity index (χ1) is 9.38. The van der Waals surface area contributed by atoms with Crippen molar-refractivity contribution in [3.05, 3.63) is 34.5 Å². The van der Waals surface area contributed by atoms with Gasteiger partial charge in [0.15, 0.2) is 0 Å². The highest BCUT2D eigenvalue weighted by atomic mass is 16.4. The molecule has 0 aliphatic carbocycles. The molecule has 0 fully saturated rings. The van der Waals surface area contributed by atoms with Gasteiger partial charge < -0.3 is 9.67 Å². The number of aromatic carboxylic acids is 1. The maximum absolute atomic E-state index is 11.4.